The first-order valence-corrected chi connectivity index (χ1v) is 11.9. The van der Waals surface area contributed by atoms with Gasteiger partial charge in [0.15, 0.2) is 0 Å². The number of nitrogens with one attached hydrogen (secondary N) is 1. The summed E-state index contributed by atoms with van der Waals surface area (Å²) in [7, 11) is -3.89. The smallest absolute Gasteiger partial charge is 0.304 e. The van der Waals surface area contributed by atoms with Crippen molar-refractivity contribution in [3.8, 4) is 5.75 Å². The molecule has 0 saturated carbocycles. The summed E-state index contributed by atoms with van der Waals surface area (Å²) in [6, 6.07) is 9.54. The first kappa shape index (κ1) is 23.9. The number of anilines is 2. The fraction of sp³-hybridized carbons (Fsp3) is 0.409. The van der Waals surface area contributed by atoms with Crippen molar-refractivity contribution in [2.24, 2.45) is 5.92 Å². The van der Waals surface area contributed by atoms with Crippen molar-refractivity contribution < 1.29 is 26.7 Å². The van der Waals surface area contributed by atoms with Gasteiger partial charge in [0.2, 0.25) is 5.91 Å². The minimum absolute atomic E-state index is 0.0430. The maximum Gasteiger partial charge on any atom is 0.304 e. The largest absolute Gasteiger partial charge is 0.494 e. The van der Waals surface area contributed by atoms with Crippen LogP contribution >= 0.6 is 0 Å². The second-order valence-electron chi connectivity index (χ2n) is 7.41. The predicted molar refractivity (Wildman–Crippen MR) is 119 cm³/mol. The average molecular weight is 468 g/mol. The Morgan fingerprint density at radius 3 is 2.56 bits per heavy atom. The highest BCUT2D eigenvalue weighted by Gasteiger charge is 2.36. The molecule has 1 amide bonds. The van der Waals surface area contributed by atoms with Crippen LogP contribution in [-0.4, -0.2) is 44.9 Å². The SMILES string of the molecule is CCOc1ccc(N(CC)S(=O)(=O)N2CCC[C@H](C(=O)Nc3cc(F)ccc3F)C2)cc1. The van der Waals surface area contributed by atoms with Crippen LogP contribution in [0, 0.1) is 17.6 Å². The van der Waals surface area contributed by atoms with Crippen molar-refractivity contribution in [3.05, 3.63) is 54.1 Å². The van der Waals surface area contributed by atoms with E-state index in [-0.39, 0.29) is 25.3 Å². The number of amides is 1. The van der Waals surface area contributed by atoms with E-state index in [0.717, 1.165) is 18.2 Å². The third kappa shape index (κ3) is 5.36. The Bertz CT molecular complexity index is 1050. The third-order valence-corrected chi connectivity index (χ3v) is 7.28. The molecule has 1 saturated heterocycles. The summed E-state index contributed by atoms with van der Waals surface area (Å²) < 4.78 is 61.9. The number of piperidine rings is 1. The molecule has 2 aromatic rings. The molecule has 0 aromatic heterocycles. The minimum atomic E-state index is -3.89. The zero-order valence-electron chi connectivity index (χ0n) is 18.1. The predicted octanol–water partition coefficient (Wildman–Crippen LogP) is 3.79. The maximum atomic E-state index is 13.9. The van der Waals surface area contributed by atoms with Gasteiger partial charge in [-0.2, -0.15) is 12.7 Å². The van der Waals surface area contributed by atoms with E-state index >= 15 is 0 Å². The van der Waals surface area contributed by atoms with E-state index in [4.69, 9.17) is 4.74 Å². The van der Waals surface area contributed by atoms with Crippen LogP contribution in [0.1, 0.15) is 26.7 Å². The van der Waals surface area contributed by atoms with Crippen LogP contribution in [0.15, 0.2) is 42.5 Å². The number of carbonyl (C=O) groups is 1. The number of nitrogens with zero attached hydrogens (tertiary/aromatic N) is 2. The molecule has 1 aliphatic rings. The number of hydrogen-bond acceptors (Lipinski definition) is 4. The zero-order chi connectivity index (χ0) is 23.3. The van der Waals surface area contributed by atoms with Gasteiger partial charge < -0.3 is 10.1 Å². The van der Waals surface area contributed by atoms with Gasteiger partial charge in [0.25, 0.3) is 0 Å². The summed E-state index contributed by atoms with van der Waals surface area (Å²) >= 11 is 0. The Labute approximate surface area is 187 Å². The standard InChI is InChI=1S/C22H27F2N3O4S/c1-3-27(18-8-10-19(11-9-18)31-4-2)32(29,30)26-13-5-6-16(15-26)22(28)25-21-14-17(23)7-12-20(21)24/h7-12,14,16H,3-6,13,15H2,1-2H3,(H,25,28)/t16-/m0/s1. The van der Waals surface area contributed by atoms with E-state index < -0.39 is 33.7 Å². The van der Waals surface area contributed by atoms with E-state index in [1.807, 2.05) is 6.92 Å². The Morgan fingerprint density at radius 1 is 1.19 bits per heavy atom. The molecule has 7 nitrogen and oxygen atoms in total. The van der Waals surface area contributed by atoms with E-state index in [0.29, 0.717) is 30.9 Å². The molecule has 0 unspecified atom stereocenters. The molecule has 32 heavy (non-hydrogen) atoms. The first-order chi connectivity index (χ1) is 15.3. The van der Waals surface area contributed by atoms with E-state index in [1.165, 1.54) is 8.61 Å². The van der Waals surface area contributed by atoms with Gasteiger partial charge >= 0.3 is 10.2 Å². The molecule has 0 aliphatic carbocycles. The molecule has 0 bridgehead atoms. The van der Waals surface area contributed by atoms with Gasteiger partial charge in [0, 0.05) is 25.7 Å². The molecule has 0 radical (unpaired) electrons. The summed E-state index contributed by atoms with van der Waals surface area (Å²) in [5.41, 5.74) is 0.226. The number of carbonyl (C=O) groups excluding carboxylic acids is 1. The topological polar surface area (TPSA) is 79.0 Å². The fourth-order valence-corrected chi connectivity index (χ4v) is 5.41. The van der Waals surface area contributed by atoms with E-state index in [1.54, 1.807) is 31.2 Å². The fourth-order valence-electron chi connectivity index (χ4n) is 3.69. The van der Waals surface area contributed by atoms with Crippen molar-refractivity contribution >= 4 is 27.5 Å². The van der Waals surface area contributed by atoms with Gasteiger partial charge in [0.05, 0.1) is 23.9 Å². The second kappa shape index (κ2) is 10.3. The van der Waals surface area contributed by atoms with Crippen molar-refractivity contribution in [2.45, 2.75) is 26.7 Å². The van der Waals surface area contributed by atoms with Crippen LogP contribution in [0.5, 0.6) is 5.75 Å². The highest BCUT2D eigenvalue weighted by molar-refractivity contribution is 7.90. The lowest BCUT2D eigenvalue weighted by Crippen LogP contribution is -2.50. The second-order valence-corrected chi connectivity index (χ2v) is 9.26. The van der Waals surface area contributed by atoms with E-state index in [9.17, 15) is 22.0 Å². The molecule has 1 N–H and O–H groups in total. The van der Waals surface area contributed by atoms with Crippen molar-refractivity contribution in [1.82, 2.24) is 4.31 Å². The Kier molecular flexibility index (Phi) is 7.68. The quantitative estimate of drug-likeness (QED) is 0.641. The minimum Gasteiger partial charge on any atom is -0.494 e. The molecule has 1 atom stereocenters. The molecule has 174 valence electrons. The van der Waals surface area contributed by atoms with Crippen LogP contribution in [0.2, 0.25) is 0 Å². The summed E-state index contributed by atoms with van der Waals surface area (Å²) in [6.45, 7) is 4.54. The average Bonchev–Trinajstić information content (AvgIpc) is 2.78. The van der Waals surface area contributed by atoms with Crippen LogP contribution < -0.4 is 14.4 Å². The highest BCUT2D eigenvalue weighted by atomic mass is 32.2. The monoisotopic (exact) mass is 467 g/mol. The Hall–Kier alpha value is -2.72. The van der Waals surface area contributed by atoms with Crippen molar-refractivity contribution in [2.75, 3.05) is 35.9 Å². The number of benzene rings is 2. The molecular formula is C22H27F2N3O4S. The summed E-state index contributed by atoms with van der Waals surface area (Å²) in [4.78, 5) is 12.7. The van der Waals surface area contributed by atoms with Crippen molar-refractivity contribution in [3.63, 3.8) is 0 Å². The number of halogens is 2. The lowest BCUT2D eigenvalue weighted by Gasteiger charge is -2.35. The third-order valence-electron chi connectivity index (χ3n) is 5.27. The summed E-state index contributed by atoms with van der Waals surface area (Å²) in [5.74, 6) is -2.01. The van der Waals surface area contributed by atoms with Gasteiger partial charge in [-0.25, -0.2) is 8.78 Å². The molecule has 1 aliphatic heterocycles. The van der Waals surface area contributed by atoms with Gasteiger partial charge in [0.1, 0.15) is 17.4 Å². The lowest BCUT2D eigenvalue weighted by atomic mass is 9.98. The van der Waals surface area contributed by atoms with Gasteiger partial charge in [-0.1, -0.05) is 0 Å². The first-order valence-electron chi connectivity index (χ1n) is 10.5. The zero-order valence-corrected chi connectivity index (χ0v) is 18.9. The number of hydrogen-bond donors (Lipinski definition) is 1. The molecule has 3 rings (SSSR count). The normalized spacial score (nSPS) is 17.1. The summed E-state index contributed by atoms with van der Waals surface area (Å²) in [5, 5.41) is 2.38. The lowest BCUT2D eigenvalue weighted by molar-refractivity contribution is -0.120. The number of rotatable bonds is 8. The molecular weight excluding hydrogens is 440 g/mol. The maximum absolute atomic E-state index is 13.9. The number of ether oxygens (including phenoxy) is 1. The van der Waals surface area contributed by atoms with Gasteiger partial charge in [-0.3, -0.25) is 9.10 Å². The van der Waals surface area contributed by atoms with Gasteiger partial charge in [-0.05, 0) is 63.1 Å². The molecule has 1 fully saturated rings. The van der Waals surface area contributed by atoms with Crippen LogP contribution in [0.3, 0.4) is 0 Å². The van der Waals surface area contributed by atoms with Crippen LogP contribution in [0.4, 0.5) is 20.2 Å². The summed E-state index contributed by atoms with van der Waals surface area (Å²) in [6.07, 6.45) is 0.924. The molecule has 0 spiro atoms. The Balaban J connectivity index is 1.74. The van der Waals surface area contributed by atoms with Crippen molar-refractivity contribution in [1.29, 1.82) is 0 Å². The van der Waals surface area contributed by atoms with Crippen LogP contribution in [-0.2, 0) is 15.0 Å². The van der Waals surface area contributed by atoms with Crippen LogP contribution in [0.25, 0.3) is 0 Å². The van der Waals surface area contributed by atoms with E-state index in [2.05, 4.69) is 5.32 Å². The highest BCUT2D eigenvalue weighted by Crippen LogP contribution is 2.27. The Morgan fingerprint density at radius 2 is 1.91 bits per heavy atom. The van der Waals surface area contributed by atoms with Gasteiger partial charge in [-0.15, -0.1) is 0 Å². The molecule has 1 heterocycles. The molecule has 2 aromatic carbocycles. The molecule has 10 heteroatoms.